The molecular weight excluding hydrogens is 384 g/mol. The summed E-state index contributed by atoms with van der Waals surface area (Å²) in [5, 5.41) is 9.47. The fourth-order valence-corrected chi connectivity index (χ4v) is 4.54. The molecule has 1 atom stereocenters. The highest BCUT2D eigenvalue weighted by atomic mass is 16.4. The highest BCUT2D eigenvalue weighted by Gasteiger charge is 2.28. The van der Waals surface area contributed by atoms with Crippen LogP contribution in [0, 0.1) is 6.92 Å². The highest BCUT2D eigenvalue weighted by Crippen LogP contribution is 2.26. The largest absolute Gasteiger partial charge is 0.480 e. The first-order valence-electron chi connectivity index (χ1n) is 11.2. The number of likely N-dealkylation sites (tertiary alicyclic amines) is 1. The molecule has 4 rings (SSSR count). The molecule has 1 aliphatic rings. The lowest BCUT2D eigenvalue weighted by Gasteiger charge is -2.32. The second kappa shape index (κ2) is 9.88. The number of piperidine rings is 1. The lowest BCUT2D eigenvalue weighted by atomic mass is 9.94. The first kappa shape index (κ1) is 21.3. The fourth-order valence-electron chi connectivity index (χ4n) is 4.54. The van der Waals surface area contributed by atoms with Gasteiger partial charge >= 0.3 is 5.97 Å². The maximum Gasteiger partial charge on any atom is 0.320 e. The molecule has 4 heteroatoms. The van der Waals surface area contributed by atoms with Crippen LogP contribution in [-0.2, 0) is 24.2 Å². The summed E-state index contributed by atoms with van der Waals surface area (Å²) >= 11 is 0. The monoisotopic (exact) mass is 414 g/mol. The van der Waals surface area contributed by atoms with Crippen LogP contribution in [0.1, 0.15) is 41.6 Å². The first-order valence-corrected chi connectivity index (χ1v) is 11.2. The van der Waals surface area contributed by atoms with Gasteiger partial charge in [-0.3, -0.25) is 14.7 Å². The Bertz CT molecular complexity index is 1020. The molecule has 160 valence electrons. The Morgan fingerprint density at radius 3 is 2.61 bits per heavy atom. The maximum atomic E-state index is 11.5. The van der Waals surface area contributed by atoms with Crippen molar-refractivity contribution in [3.05, 3.63) is 89.2 Å². The van der Waals surface area contributed by atoms with Gasteiger partial charge in [-0.2, -0.15) is 0 Å². The molecule has 3 aromatic rings. The number of aromatic nitrogens is 1. The Hall–Kier alpha value is -2.98. The summed E-state index contributed by atoms with van der Waals surface area (Å²) in [4.78, 5) is 18.2. The molecule has 0 unspecified atom stereocenters. The molecule has 1 saturated heterocycles. The lowest BCUT2D eigenvalue weighted by molar-refractivity contribution is -0.144. The van der Waals surface area contributed by atoms with E-state index in [4.69, 9.17) is 0 Å². The average Bonchev–Trinajstić information content (AvgIpc) is 2.80. The summed E-state index contributed by atoms with van der Waals surface area (Å²) in [6.45, 7) is 3.70. The van der Waals surface area contributed by atoms with Crippen molar-refractivity contribution < 1.29 is 9.90 Å². The van der Waals surface area contributed by atoms with Gasteiger partial charge in [0.05, 0.1) is 0 Å². The molecule has 1 aromatic heterocycles. The molecule has 0 amide bonds. The SMILES string of the molecule is Cc1c(CCc2ccc(CN3CCCC[C@@H]3C(=O)O)cn2)cccc1-c1ccccc1. The van der Waals surface area contributed by atoms with Crippen LogP contribution >= 0.6 is 0 Å². The zero-order valence-corrected chi connectivity index (χ0v) is 18.1. The predicted molar refractivity (Wildman–Crippen MR) is 124 cm³/mol. The van der Waals surface area contributed by atoms with Crippen molar-refractivity contribution in [1.29, 1.82) is 0 Å². The molecule has 0 bridgehead atoms. The van der Waals surface area contributed by atoms with E-state index in [0.717, 1.165) is 49.9 Å². The number of benzene rings is 2. The third-order valence-corrected chi connectivity index (χ3v) is 6.35. The molecule has 1 fully saturated rings. The van der Waals surface area contributed by atoms with E-state index in [2.05, 4.69) is 71.4 Å². The maximum absolute atomic E-state index is 11.5. The van der Waals surface area contributed by atoms with Gasteiger partial charge in [0.1, 0.15) is 6.04 Å². The van der Waals surface area contributed by atoms with E-state index in [1.165, 1.54) is 22.3 Å². The van der Waals surface area contributed by atoms with Crippen LogP contribution in [0.5, 0.6) is 0 Å². The molecule has 1 N–H and O–H groups in total. The van der Waals surface area contributed by atoms with Crippen molar-refractivity contribution >= 4 is 5.97 Å². The van der Waals surface area contributed by atoms with E-state index in [9.17, 15) is 9.90 Å². The molecule has 0 spiro atoms. The van der Waals surface area contributed by atoms with Gasteiger partial charge in [0, 0.05) is 18.4 Å². The van der Waals surface area contributed by atoms with Gasteiger partial charge in [-0.05, 0) is 73.0 Å². The van der Waals surface area contributed by atoms with E-state index < -0.39 is 5.97 Å². The Labute approximate surface area is 184 Å². The fraction of sp³-hybridized carbons (Fsp3) is 0.333. The van der Waals surface area contributed by atoms with Gasteiger partial charge in [0.2, 0.25) is 0 Å². The molecule has 0 radical (unpaired) electrons. The summed E-state index contributed by atoms with van der Waals surface area (Å²) in [5.41, 5.74) is 7.37. The van der Waals surface area contributed by atoms with Crippen molar-refractivity contribution in [3.8, 4) is 11.1 Å². The highest BCUT2D eigenvalue weighted by molar-refractivity contribution is 5.73. The lowest BCUT2D eigenvalue weighted by Crippen LogP contribution is -2.44. The third kappa shape index (κ3) is 5.20. The van der Waals surface area contributed by atoms with Gasteiger partial charge in [-0.15, -0.1) is 0 Å². The zero-order valence-electron chi connectivity index (χ0n) is 18.1. The van der Waals surface area contributed by atoms with Gasteiger partial charge < -0.3 is 5.11 Å². The molecule has 31 heavy (non-hydrogen) atoms. The minimum atomic E-state index is -0.711. The normalized spacial score (nSPS) is 16.9. The zero-order chi connectivity index (χ0) is 21.6. The van der Waals surface area contributed by atoms with E-state index in [0.29, 0.717) is 6.54 Å². The molecule has 1 aliphatic heterocycles. The van der Waals surface area contributed by atoms with E-state index in [-0.39, 0.29) is 6.04 Å². The summed E-state index contributed by atoms with van der Waals surface area (Å²) in [7, 11) is 0. The van der Waals surface area contributed by atoms with Crippen molar-refractivity contribution in [3.63, 3.8) is 0 Å². The minimum absolute atomic E-state index is 0.367. The molecule has 0 saturated carbocycles. The van der Waals surface area contributed by atoms with Gasteiger partial charge in [-0.25, -0.2) is 0 Å². The van der Waals surface area contributed by atoms with Crippen LogP contribution < -0.4 is 0 Å². The molecule has 2 heterocycles. The third-order valence-electron chi connectivity index (χ3n) is 6.35. The second-order valence-electron chi connectivity index (χ2n) is 8.43. The number of carbonyl (C=O) groups is 1. The average molecular weight is 415 g/mol. The Morgan fingerprint density at radius 2 is 1.87 bits per heavy atom. The predicted octanol–water partition coefficient (Wildman–Crippen LogP) is 5.28. The van der Waals surface area contributed by atoms with Crippen LogP contribution in [0.15, 0.2) is 66.9 Å². The second-order valence-corrected chi connectivity index (χ2v) is 8.43. The number of hydrogen-bond donors (Lipinski definition) is 1. The van der Waals surface area contributed by atoms with Gasteiger partial charge in [0.15, 0.2) is 0 Å². The number of aryl methyl sites for hydroxylation is 2. The smallest absolute Gasteiger partial charge is 0.320 e. The van der Waals surface area contributed by atoms with Gasteiger partial charge in [0.25, 0.3) is 0 Å². The molecule has 4 nitrogen and oxygen atoms in total. The number of carboxylic acid groups (broad SMARTS) is 1. The first-order chi connectivity index (χ1) is 15.1. The van der Waals surface area contributed by atoms with Crippen molar-refractivity contribution in [2.75, 3.05) is 6.54 Å². The van der Waals surface area contributed by atoms with Crippen LogP contribution in [0.2, 0.25) is 0 Å². The summed E-state index contributed by atoms with van der Waals surface area (Å²) < 4.78 is 0. The van der Waals surface area contributed by atoms with E-state index in [1.807, 2.05) is 12.3 Å². The van der Waals surface area contributed by atoms with Crippen molar-refractivity contribution in [1.82, 2.24) is 9.88 Å². The number of aliphatic carboxylic acids is 1. The number of carboxylic acids is 1. The van der Waals surface area contributed by atoms with Crippen LogP contribution in [0.4, 0.5) is 0 Å². The quantitative estimate of drug-likeness (QED) is 0.571. The number of rotatable bonds is 7. The van der Waals surface area contributed by atoms with Crippen molar-refractivity contribution in [2.24, 2.45) is 0 Å². The number of nitrogens with zero attached hydrogens (tertiary/aromatic N) is 2. The Morgan fingerprint density at radius 1 is 1.03 bits per heavy atom. The summed E-state index contributed by atoms with van der Waals surface area (Å²) in [6.07, 6.45) is 6.55. The minimum Gasteiger partial charge on any atom is -0.480 e. The van der Waals surface area contributed by atoms with Crippen LogP contribution in [0.25, 0.3) is 11.1 Å². The van der Waals surface area contributed by atoms with Crippen LogP contribution in [0.3, 0.4) is 0 Å². The molecule has 2 aromatic carbocycles. The number of pyridine rings is 1. The summed E-state index contributed by atoms with van der Waals surface area (Å²) in [6, 6.07) is 20.9. The Kier molecular flexibility index (Phi) is 6.78. The van der Waals surface area contributed by atoms with Crippen molar-refractivity contribution in [2.45, 2.75) is 51.6 Å². The Balaban J connectivity index is 1.39. The van der Waals surface area contributed by atoms with Gasteiger partial charge in [-0.1, -0.05) is 61.0 Å². The molecular formula is C27H30N2O2. The summed E-state index contributed by atoms with van der Waals surface area (Å²) in [5.74, 6) is -0.711. The van der Waals surface area contributed by atoms with Crippen LogP contribution in [-0.4, -0.2) is 33.5 Å². The molecule has 0 aliphatic carbocycles. The topological polar surface area (TPSA) is 53.4 Å². The van der Waals surface area contributed by atoms with E-state index >= 15 is 0 Å². The standard InChI is InChI=1S/C27H30N2O2/c1-20-22(10-7-11-25(20)23-8-3-2-4-9-23)14-16-24-15-13-21(18-28-24)19-29-17-6-5-12-26(29)27(30)31/h2-4,7-11,13,15,18,26H,5-6,12,14,16-17,19H2,1H3,(H,30,31)/t26-/m1/s1. The van der Waals surface area contributed by atoms with E-state index in [1.54, 1.807) is 0 Å². The number of hydrogen-bond acceptors (Lipinski definition) is 3.